The lowest BCUT2D eigenvalue weighted by molar-refractivity contribution is -0.122. The molecule has 0 aliphatic carbocycles. The molecule has 2 fully saturated rings. The van der Waals surface area contributed by atoms with Crippen molar-refractivity contribution in [3.8, 4) is 11.5 Å². The lowest BCUT2D eigenvalue weighted by Gasteiger charge is -2.40. The molecule has 4 rings (SSSR count). The van der Waals surface area contributed by atoms with Gasteiger partial charge in [0.1, 0.15) is 11.5 Å². The van der Waals surface area contributed by atoms with Crippen molar-refractivity contribution in [3.63, 3.8) is 0 Å². The summed E-state index contributed by atoms with van der Waals surface area (Å²) in [6.45, 7) is 3.22. The van der Waals surface area contributed by atoms with Crippen LogP contribution in [0.5, 0.6) is 11.5 Å². The summed E-state index contributed by atoms with van der Waals surface area (Å²) < 4.78 is 11.1. The minimum absolute atomic E-state index is 0.108. The summed E-state index contributed by atoms with van der Waals surface area (Å²) in [4.78, 5) is 17.6. The average Bonchev–Trinajstić information content (AvgIpc) is 3.14. The second-order valence-electron chi connectivity index (χ2n) is 7.17. The first-order valence-corrected chi connectivity index (χ1v) is 9.78. The minimum Gasteiger partial charge on any atom is -0.496 e. The van der Waals surface area contributed by atoms with Gasteiger partial charge in [0.15, 0.2) is 0 Å². The number of nitrogens with one attached hydrogen (secondary N) is 1. The number of hydrogen-bond donors (Lipinski definition) is 1. The Morgan fingerprint density at radius 3 is 2.43 bits per heavy atom. The molecule has 148 valence electrons. The number of nitrogens with zero attached hydrogens (tertiary/aromatic N) is 2. The quantitative estimate of drug-likeness (QED) is 0.862. The van der Waals surface area contributed by atoms with Crippen LogP contribution in [0.3, 0.4) is 0 Å². The van der Waals surface area contributed by atoms with E-state index in [-0.39, 0.29) is 18.0 Å². The highest BCUT2D eigenvalue weighted by molar-refractivity contribution is 6.00. The van der Waals surface area contributed by atoms with Crippen LogP contribution in [0.15, 0.2) is 48.5 Å². The first-order valence-electron chi connectivity index (χ1n) is 9.78. The molecule has 1 N–H and O–H groups in total. The molecule has 2 aromatic carbocycles. The highest BCUT2D eigenvalue weighted by Crippen LogP contribution is 2.36. The molecular formula is C22H27N3O3. The molecule has 28 heavy (non-hydrogen) atoms. The number of rotatable bonds is 5. The number of carbonyl (C=O) groups is 1. The number of methoxy groups -OCH3 is 2. The van der Waals surface area contributed by atoms with E-state index >= 15 is 0 Å². The highest BCUT2D eigenvalue weighted by Gasteiger charge is 2.41. The topological polar surface area (TPSA) is 54.0 Å². The predicted molar refractivity (Wildman–Crippen MR) is 109 cm³/mol. The van der Waals surface area contributed by atoms with Gasteiger partial charge in [0.2, 0.25) is 5.91 Å². The van der Waals surface area contributed by atoms with Crippen LogP contribution in [0, 0.1) is 0 Å². The third-order valence-electron chi connectivity index (χ3n) is 5.74. The van der Waals surface area contributed by atoms with Gasteiger partial charge in [-0.15, -0.1) is 0 Å². The van der Waals surface area contributed by atoms with Crippen LogP contribution in [-0.4, -0.2) is 57.2 Å². The van der Waals surface area contributed by atoms with Gasteiger partial charge in [-0.3, -0.25) is 9.69 Å². The number of amides is 1. The Labute approximate surface area is 166 Å². The number of benzene rings is 2. The fourth-order valence-electron chi connectivity index (χ4n) is 4.39. The summed E-state index contributed by atoms with van der Waals surface area (Å²) in [6.07, 6.45) is 0.808. The molecule has 2 atom stereocenters. The molecule has 2 unspecified atom stereocenters. The Bertz CT molecular complexity index is 841. The van der Waals surface area contributed by atoms with Gasteiger partial charge in [0.25, 0.3) is 0 Å². The van der Waals surface area contributed by atoms with E-state index in [4.69, 9.17) is 9.47 Å². The maximum atomic E-state index is 13.4. The number of piperazine rings is 1. The Morgan fingerprint density at radius 2 is 1.64 bits per heavy atom. The SMILES string of the molecule is COc1ccccc1C1CNCCN1C1CCN(c2ccccc2OC)C1=O. The van der Waals surface area contributed by atoms with Gasteiger partial charge in [0.05, 0.1) is 32.0 Å². The molecular weight excluding hydrogens is 354 g/mol. The van der Waals surface area contributed by atoms with Crippen LogP contribution in [0.1, 0.15) is 18.0 Å². The lowest BCUT2D eigenvalue weighted by atomic mass is 9.99. The first kappa shape index (κ1) is 18.8. The molecule has 2 heterocycles. The molecule has 2 aliphatic heterocycles. The van der Waals surface area contributed by atoms with Gasteiger partial charge in [-0.25, -0.2) is 0 Å². The molecule has 6 nitrogen and oxygen atoms in total. The van der Waals surface area contributed by atoms with Gasteiger partial charge < -0.3 is 19.7 Å². The van der Waals surface area contributed by atoms with E-state index < -0.39 is 0 Å². The molecule has 6 heteroatoms. The molecule has 0 saturated carbocycles. The number of para-hydroxylation sites is 3. The van der Waals surface area contributed by atoms with E-state index in [1.54, 1.807) is 14.2 Å². The highest BCUT2D eigenvalue weighted by atomic mass is 16.5. The molecule has 2 aliphatic rings. The van der Waals surface area contributed by atoms with Crippen LogP contribution >= 0.6 is 0 Å². The van der Waals surface area contributed by atoms with E-state index in [0.717, 1.165) is 48.8 Å². The van der Waals surface area contributed by atoms with Crippen molar-refractivity contribution in [3.05, 3.63) is 54.1 Å². The smallest absolute Gasteiger partial charge is 0.244 e. The molecule has 2 aromatic rings. The zero-order chi connectivity index (χ0) is 19.5. The number of carbonyl (C=O) groups excluding carboxylic acids is 1. The second-order valence-corrected chi connectivity index (χ2v) is 7.17. The fraction of sp³-hybridized carbons (Fsp3) is 0.409. The fourth-order valence-corrected chi connectivity index (χ4v) is 4.39. The third kappa shape index (κ3) is 3.34. The predicted octanol–water partition coefficient (Wildman–Crippen LogP) is 2.46. The van der Waals surface area contributed by atoms with Gasteiger partial charge in [-0.2, -0.15) is 0 Å². The van der Waals surface area contributed by atoms with Crippen molar-refractivity contribution >= 4 is 11.6 Å². The molecule has 0 bridgehead atoms. The van der Waals surface area contributed by atoms with Crippen molar-refractivity contribution < 1.29 is 14.3 Å². The van der Waals surface area contributed by atoms with Crippen LogP contribution in [0.25, 0.3) is 0 Å². The van der Waals surface area contributed by atoms with Crippen LogP contribution < -0.4 is 19.7 Å². The standard InChI is InChI=1S/C22H27N3O3/c1-27-20-9-5-3-7-16(20)19-15-23-12-14-24(19)18-11-13-25(22(18)26)17-8-4-6-10-21(17)28-2/h3-10,18-19,23H,11-15H2,1-2H3. The number of anilines is 1. The largest absolute Gasteiger partial charge is 0.496 e. The summed E-state index contributed by atoms with van der Waals surface area (Å²) in [6, 6.07) is 15.8. The zero-order valence-electron chi connectivity index (χ0n) is 16.4. The molecule has 2 saturated heterocycles. The zero-order valence-corrected chi connectivity index (χ0v) is 16.4. The van der Waals surface area contributed by atoms with Gasteiger partial charge in [0, 0.05) is 31.7 Å². The van der Waals surface area contributed by atoms with E-state index in [1.165, 1.54) is 0 Å². The van der Waals surface area contributed by atoms with E-state index in [9.17, 15) is 4.79 Å². The van der Waals surface area contributed by atoms with Crippen molar-refractivity contribution in [2.24, 2.45) is 0 Å². The average molecular weight is 381 g/mol. The van der Waals surface area contributed by atoms with Gasteiger partial charge in [-0.05, 0) is 24.6 Å². The molecule has 1 amide bonds. The molecule has 0 spiro atoms. The van der Waals surface area contributed by atoms with E-state index in [0.29, 0.717) is 6.54 Å². The monoisotopic (exact) mass is 381 g/mol. The van der Waals surface area contributed by atoms with Gasteiger partial charge >= 0.3 is 0 Å². The summed E-state index contributed by atoms with van der Waals surface area (Å²) in [5.74, 6) is 1.75. The number of hydrogen-bond acceptors (Lipinski definition) is 5. The minimum atomic E-state index is -0.137. The van der Waals surface area contributed by atoms with Crippen molar-refractivity contribution in [1.82, 2.24) is 10.2 Å². The summed E-state index contributed by atoms with van der Waals surface area (Å²) >= 11 is 0. The lowest BCUT2D eigenvalue weighted by Crippen LogP contribution is -2.53. The summed E-state index contributed by atoms with van der Waals surface area (Å²) in [7, 11) is 3.34. The molecule has 0 aromatic heterocycles. The maximum Gasteiger partial charge on any atom is 0.244 e. The first-order chi connectivity index (χ1) is 13.7. The Balaban J connectivity index is 1.61. The van der Waals surface area contributed by atoms with Crippen LogP contribution in [-0.2, 0) is 4.79 Å². The van der Waals surface area contributed by atoms with Crippen LogP contribution in [0.4, 0.5) is 5.69 Å². The second kappa shape index (κ2) is 8.20. The van der Waals surface area contributed by atoms with E-state index in [2.05, 4.69) is 16.3 Å². The number of ether oxygens (including phenoxy) is 2. The molecule has 0 radical (unpaired) electrons. The Hall–Kier alpha value is -2.57. The summed E-state index contributed by atoms with van der Waals surface area (Å²) in [5.41, 5.74) is 1.97. The normalized spacial score (nSPS) is 23.1. The maximum absolute atomic E-state index is 13.4. The van der Waals surface area contributed by atoms with E-state index in [1.807, 2.05) is 47.4 Å². The van der Waals surface area contributed by atoms with Crippen molar-refractivity contribution in [2.75, 3.05) is 45.3 Å². The Morgan fingerprint density at radius 1 is 0.929 bits per heavy atom. The third-order valence-corrected chi connectivity index (χ3v) is 5.74. The van der Waals surface area contributed by atoms with Crippen LogP contribution in [0.2, 0.25) is 0 Å². The van der Waals surface area contributed by atoms with Crippen molar-refractivity contribution in [2.45, 2.75) is 18.5 Å². The van der Waals surface area contributed by atoms with Crippen molar-refractivity contribution in [1.29, 1.82) is 0 Å². The Kier molecular flexibility index (Phi) is 5.50. The van der Waals surface area contributed by atoms with Gasteiger partial charge in [-0.1, -0.05) is 30.3 Å². The summed E-state index contributed by atoms with van der Waals surface area (Å²) in [5, 5.41) is 3.47.